The van der Waals surface area contributed by atoms with Crippen molar-refractivity contribution in [3.63, 3.8) is 0 Å². The highest BCUT2D eigenvalue weighted by molar-refractivity contribution is 5.85. The van der Waals surface area contributed by atoms with Gasteiger partial charge < -0.3 is 9.64 Å². The Labute approximate surface area is 134 Å². The second-order valence-corrected chi connectivity index (χ2v) is 6.08. The van der Waals surface area contributed by atoms with Crippen LogP contribution in [-0.4, -0.2) is 31.5 Å². The Morgan fingerprint density at radius 1 is 1.29 bits per heavy atom. The van der Waals surface area contributed by atoms with Crippen LogP contribution in [0.1, 0.15) is 44.1 Å². The zero-order valence-corrected chi connectivity index (χ0v) is 14.0. The summed E-state index contributed by atoms with van der Waals surface area (Å²) in [5.41, 5.74) is 1.32. The third-order valence-corrected chi connectivity index (χ3v) is 4.06. The van der Waals surface area contributed by atoms with Crippen molar-refractivity contribution in [2.45, 2.75) is 38.5 Å². The van der Waals surface area contributed by atoms with Crippen molar-refractivity contribution in [1.29, 1.82) is 0 Å². The van der Waals surface area contributed by atoms with Crippen LogP contribution in [0.3, 0.4) is 0 Å². The molecule has 0 radical (unpaired) electrons. The molecule has 1 saturated carbocycles. The maximum absolute atomic E-state index is 11.1. The number of hydrogen-bond donors (Lipinski definition) is 0. The summed E-state index contributed by atoms with van der Waals surface area (Å²) in [6, 6.07) is 8.06. The van der Waals surface area contributed by atoms with Gasteiger partial charge in [-0.1, -0.05) is 25.0 Å². The molecule has 0 saturated heterocycles. The molecule has 0 heterocycles. The van der Waals surface area contributed by atoms with Crippen molar-refractivity contribution in [3.8, 4) is 5.75 Å². The van der Waals surface area contributed by atoms with Gasteiger partial charge in [-0.15, -0.1) is 12.4 Å². The molecule has 2 rings (SSSR count). The van der Waals surface area contributed by atoms with Crippen molar-refractivity contribution in [2.75, 3.05) is 20.6 Å². The summed E-state index contributed by atoms with van der Waals surface area (Å²) in [5.74, 6) is 1.70. The lowest BCUT2D eigenvalue weighted by Gasteiger charge is -2.34. The van der Waals surface area contributed by atoms with E-state index in [2.05, 4.69) is 25.1 Å². The maximum atomic E-state index is 11.1. The first-order valence-electron chi connectivity index (χ1n) is 7.49. The number of ether oxygens (including phenoxy) is 1. The van der Waals surface area contributed by atoms with Gasteiger partial charge in [-0.2, -0.15) is 0 Å². The molecule has 0 aliphatic heterocycles. The predicted octanol–water partition coefficient (Wildman–Crippen LogP) is 3.87. The lowest BCUT2D eigenvalue weighted by Crippen LogP contribution is -2.28. The Morgan fingerprint density at radius 2 is 2.00 bits per heavy atom. The van der Waals surface area contributed by atoms with E-state index < -0.39 is 0 Å². The average Bonchev–Trinajstić information content (AvgIpc) is 2.38. The maximum Gasteiger partial charge on any atom is 0.308 e. The quantitative estimate of drug-likeness (QED) is 0.624. The third kappa shape index (κ3) is 5.33. The summed E-state index contributed by atoms with van der Waals surface area (Å²) < 4.78 is 5.21. The van der Waals surface area contributed by atoms with Gasteiger partial charge in [0, 0.05) is 13.5 Å². The molecule has 118 valence electrons. The van der Waals surface area contributed by atoms with E-state index in [0.717, 1.165) is 6.54 Å². The Bertz CT molecular complexity index is 462. The molecule has 2 unspecified atom stereocenters. The van der Waals surface area contributed by atoms with Crippen molar-refractivity contribution >= 4 is 18.4 Å². The van der Waals surface area contributed by atoms with E-state index >= 15 is 0 Å². The van der Waals surface area contributed by atoms with Gasteiger partial charge in [-0.25, -0.2) is 0 Å². The Balaban J connectivity index is 0.00000220. The van der Waals surface area contributed by atoms with Gasteiger partial charge in [-0.05, 0) is 56.5 Å². The van der Waals surface area contributed by atoms with Crippen molar-refractivity contribution in [1.82, 2.24) is 4.90 Å². The highest BCUT2D eigenvalue weighted by Gasteiger charge is 2.27. The van der Waals surface area contributed by atoms with E-state index in [0.29, 0.717) is 17.6 Å². The van der Waals surface area contributed by atoms with Gasteiger partial charge in [0.2, 0.25) is 0 Å². The lowest BCUT2D eigenvalue weighted by molar-refractivity contribution is -0.131. The summed E-state index contributed by atoms with van der Waals surface area (Å²) in [7, 11) is 4.28. The molecule has 1 fully saturated rings. The van der Waals surface area contributed by atoms with Gasteiger partial charge in [0.05, 0.1) is 0 Å². The molecule has 0 spiro atoms. The van der Waals surface area contributed by atoms with Crippen LogP contribution in [0.5, 0.6) is 5.75 Å². The summed E-state index contributed by atoms with van der Waals surface area (Å²) in [6.07, 6.45) is 5.16. The molecule has 1 aliphatic carbocycles. The number of esters is 1. The predicted molar refractivity (Wildman–Crippen MR) is 88.3 cm³/mol. The topological polar surface area (TPSA) is 29.5 Å². The van der Waals surface area contributed by atoms with E-state index in [1.165, 1.54) is 38.2 Å². The summed E-state index contributed by atoms with van der Waals surface area (Å²) in [5, 5.41) is 0. The van der Waals surface area contributed by atoms with Crippen LogP contribution >= 0.6 is 12.4 Å². The summed E-state index contributed by atoms with van der Waals surface area (Å²) in [4.78, 5) is 13.4. The van der Waals surface area contributed by atoms with Crippen molar-refractivity contribution in [2.24, 2.45) is 5.92 Å². The zero-order valence-electron chi connectivity index (χ0n) is 13.2. The fourth-order valence-corrected chi connectivity index (χ4v) is 3.31. The van der Waals surface area contributed by atoms with Gasteiger partial charge in [0.25, 0.3) is 0 Å². The minimum absolute atomic E-state index is 0. The monoisotopic (exact) mass is 311 g/mol. The molecule has 4 heteroatoms. The average molecular weight is 312 g/mol. The van der Waals surface area contributed by atoms with Crippen LogP contribution in [0.15, 0.2) is 24.3 Å². The Morgan fingerprint density at radius 3 is 2.67 bits per heavy atom. The minimum atomic E-state index is -0.254. The number of halogens is 1. The molecular formula is C17H26ClNO2. The van der Waals surface area contributed by atoms with Crippen LogP contribution in [0.4, 0.5) is 0 Å². The van der Waals surface area contributed by atoms with E-state index in [9.17, 15) is 4.79 Å². The van der Waals surface area contributed by atoms with Crippen molar-refractivity contribution < 1.29 is 9.53 Å². The minimum Gasteiger partial charge on any atom is -0.427 e. The van der Waals surface area contributed by atoms with Crippen LogP contribution in [-0.2, 0) is 4.79 Å². The first-order valence-corrected chi connectivity index (χ1v) is 7.49. The van der Waals surface area contributed by atoms with Gasteiger partial charge >= 0.3 is 5.97 Å². The molecule has 0 amide bonds. The van der Waals surface area contributed by atoms with Crippen molar-refractivity contribution in [3.05, 3.63) is 29.8 Å². The van der Waals surface area contributed by atoms with Crippen LogP contribution < -0.4 is 4.74 Å². The Kier molecular flexibility index (Phi) is 7.20. The molecule has 21 heavy (non-hydrogen) atoms. The second kappa shape index (κ2) is 8.40. The SMILES string of the molecule is CC(=O)Oc1cccc(C2CCCCC2CN(C)C)c1.Cl. The molecule has 2 atom stereocenters. The molecule has 0 bridgehead atoms. The first-order chi connectivity index (χ1) is 9.56. The van der Waals surface area contributed by atoms with Crippen LogP contribution in [0, 0.1) is 5.92 Å². The standard InChI is InChI=1S/C17H25NO2.ClH/c1-13(19)20-16-9-6-8-14(11-16)17-10-5-4-7-15(17)12-18(2)3;/h6,8-9,11,15,17H,4-5,7,10,12H2,1-3H3;1H. The summed E-state index contributed by atoms with van der Waals surface area (Å²) in [6.45, 7) is 2.57. The number of nitrogens with zero attached hydrogens (tertiary/aromatic N) is 1. The number of rotatable bonds is 4. The molecule has 1 aliphatic rings. The highest BCUT2D eigenvalue weighted by atomic mass is 35.5. The van der Waals surface area contributed by atoms with E-state index in [1.807, 2.05) is 18.2 Å². The fourth-order valence-electron chi connectivity index (χ4n) is 3.31. The van der Waals surface area contributed by atoms with E-state index in [1.54, 1.807) is 0 Å². The molecule has 0 aromatic heterocycles. The molecule has 3 nitrogen and oxygen atoms in total. The molecule has 1 aromatic carbocycles. The summed E-state index contributed by atoms with van der Waals surface area (Å²) >= 11 is 0. The van der Waals surface area contributed by atoms with E-state index in [-0.39, 0.29) is 18.4 Å². The molecule has 1 aromatic rings. The number of benzene rings is 1. The number of carbonyl (C=O) groups is 1. The Hall–Kier alpha value is -1.06. The largest absolute Gasteiger partial charge is 0.427 e. The fraction of sp³-hybridized carbons (Fsp3) is 0.588. The van der Waals surface area contributed by atoms with E-state index in [4.69, 9.17) is 4.74 Å². The third-order valence-electron chi connectivity index (χ3n) is 4.06. The first kappa shape index (κ1) is 18.0. The van der Waals surface area contributed by atoms with Gasteiger partial charge in [0.15, 0.2) is 0 Å². The van der Waals surface area contributed by atoms with Gasteiger partial charge in [-0.3, -0.25) is 4.79 Å². The lowest BCUT2D eigenvalue weighted by atomic mass is 9.75. The molecular weight excluding hydrogens is 286 g/mol. The highest BCUT2D eigenvalue weighted by Crippen LogP contribution is 2.38. The second-order valence-electron chi connectivity index (χ2n) is 6.08. The van der Waals surface area contributed by atoms with Crippen LogP contribution in [0.2, 0.25) is 0 Å². The van der Waals surface area contributed by atoms with Crippen LogP contribution in [0.25, 0.3) is 0 Å². The molecule has 0 N–H and O–H groups in total. The number of carbonyl (C=O) groups excluding carboxylic acids is 1. The van der Waals surface area contributed by atoms with Gasteiger partial charge in [0.1, 0.15) is 5.75 Å². The number of hydrogen-bond acceptors (Lipinski definition) is 3. The zero-order chi connectivity index (χ0) is 14.5. The normalized spacial score (nSPS) is 21.7. The smallest absolute Gasteiger partial charge is 0.308 e.